The molecule has 116 valence electrons. The van der Waals surface area contributed by atoms with Crippen LogP contribution in [0.3, 0.4) is 0 Å². The van der Waals surface area contributed by atoms with E-state index in [2.05, 4.69) is 60.4 Å². The Hall–Kier alpha value is -1.80. The summed E-state index contributed by atoms with van der Waals surface area (Å²) in [4.78, 5) is 2.65. The van der Waals surface area contributed by atoms with Crippen LogP contribution in [0.4, 0.5) is 0 Å². The van der Waals surface area contributed by atoms with Gasteiger partial charge in [0.25, 0.3) is 0 Å². The minimum absolute atomic E-state index is 0.498. The van der Waals surface area contributed by atoms with Crippen molar-refractivity contribution >= 4 is 0 Å². The number of rotatable bonds is 5. The molecular formula is C20H25NO. The van der Waals surface area contributed by atoms with Gasteiger partial charge in [0.05, 0.1) is 7.11 Å². The summed E-state index contributed by atoms with van der Waals surface area (Å²) in [6, 6.07) is 18.0. The third-order valence-corrected chi connectivity index (χ3v) is 4.62. The summed E-state index contributed by atoms with van der Waals surface area (Å²) in [5, 5.41) is 0. The Labute approximate surface area is 133 Å². The summed E-state index contributed by atoms with van der Waals surface area (Å²) in [7, 11) is 1.72. The summed E-state index contributed by atoms with van der Waals surface area (Å²) in [6.07, 6.45) is 3.46. The summed E-state index contributed by atoms with van der Waals surface area (Å²) >= 11 is 0. The molecule has 0 aliphatic carbocycles. The molecule has 2 heteroatoms. The molecule has 0 N–H and O–H groups in total. The number of methoxy groups -OCH3 is 1. The molecule has 0 amide bonds. The van der Waals surface area contributed by atoms with Crippen LogP contribution in [0.2, 0.25) is 0 Å². The molecule has 0 radical (unpaired) electrons. The van der Waals surface area contributed by atoms with Crippen molar-refractivity contribution in [1.29, 1.82) is 0 Å². The molecule has 0 bridgehead atoms. The molecule has 0 aromatic heterocycles. The highest BCUT2D eigenvalue weighted by Crippen LogP contribution is 2.32. The van der Waals surface area contributed by atoms with Gasteiger partial charge in [-0.2, -0.15) is 0 Å². The van der Waals surface area contributed by atoms with Crippen LogP contribution < -0.4 is 4.74 Å². The fourth-order valence-electron chi connectivity index (χ4n) is 3.48. The molecule has 1 heterocycles. The zero-order chi connectivity index (χ0) is 15.4. The third kappa shape index (κ3) is 3.17. The van der Waals surface area contributed by atoms with Crippen LogP contribution in [-0.2, 0) is 12.8 Å². The van der Waals surface area contributed by atoms with E-state index in [4.69, 9.17) is 4.74 Å². The van der Waals surface area contributed by atoms with Crippen LogP contribution >= 0.6 is 0 Å². The van der Waals surface area contributed by atoms with Gasteiger partial charge in [-0.3, -0.25) is 4.90 Å². The first-order chi connectivity index (χ1) is 10.8. The van der Waals surface area contributed by atoms with Gasteiger partial charge < -0.3 is 4.74 Å². The standard InChI is InChI=1S/C20H25NO/c1-3-13-21-14-12-17-6-4-5-7-19(17)20(21)15-16-8-10-18(22-2)11-9-16/h4-11,20H,3,12-15H2,1-2H3/t20-/m0/s1. The van der Waals surface area contributed by atoms with Crippen LogP contribution in [0.1, 0.15) is 36.1 Å². The molecule has 0 saturated heterocycles. The van der Waals surface area contributed by atoms with Crippen molar-refractivity contribution in [3.05, 3.63) is 65.2 Å². The van der Waals surface area contributed by atoms with Crippen LogP contribution in [0.15, 0.2) is 48.5 Å². The molecule has 22 heavy (non-hydrogen) atoms. The largest absolute Gasteiger partial charge is 0.497 e. The molecule has 2 aromatic carbocycles. The van der Waals surface area contributed by atoms with Crippen LogP contribution in [-0.4, -0.2) is 25.1 Å². The second-order valence-corrected chi connectivity index (χ2v) is 6.05. The Morgan fingerprint density at radius 3 is 2.59 bits per heavy atom. The number of hydrogen-bond donors (Lipinski definition) is 0. The van der Waals surface area contributed by atoms with E-state index in [9.17, 15) is 0 Å². The predicted octanol–water partition coefficient (Wildman–Crippen LogP) is 4.25. The predicted molar refractivity (Wildman–Crippen MR) is 91.4 cm³/mol. The van der Waals surface area contributed by atoms with Crippen molar-refractivity contribution in [2.45, 2.75) is 32.2 Å². The molecule has 0 unspecified atom stereocenters. The maximum Gasteiger partial charge on any atom is 0.118 e. The SMILES string of the molecule is CCCN1CCc2ccccc2[C@@H]1Cc1ccc(OC)cc1. The number of hydrogen-bond acceptors (Lipinski definition) is 2. The molecule has 3 rings (SSSR count). The summed E-state index contributed by atoms with van der Waals surface area (Å²) < 4.78 is 5.26. The van der Waals surface area contributed by atoms with Gasteiger partial charge in [-0.05, 0) is 54.6 Å². The summed E-state index contributed by atoms with van der Waals surface area (Å²) in [6.45, 7) is 4.62. The average Bonchev–Trinajstić information content (AvgIpc) is 2.58. The van der Waals surface area contributed by atoms with Gasteiger partial charge in [0.15, 0.2) is 0 Å². The van der Waals surface area contributed by atoms with Crippen LogP contribution in [0.5, 0.6) is 5.75 Å². The van der Waals surface area contributed by atoms with Crippen molar-refractivity contribution in [3.8, 4) is 5.75 Å². The normalized spacial score (nSPS) is 18.0. The van der Waals surface area contributed by atoms with E-state index in [1.807, 2.05) is 0 Å². The molecule has 2 nitrogen and oxygen atoms in total. The summed E-state index contributed by atoms with van der Waals surface area (Å²) in [5.74, 6) is 0.929. The zero-order valence-electron chi connectivity index (χ0n) is 13.6. The number of nitrogens with zero attached hydrogens (tertiary/aromatic N) is 1. The lowest BCUT2D eigenvalue weighted by atomic mass is 9.88. The fourth-order valence-corrected chi connectivity index (χ4v) is 3.48. The second-order valence-electron chi connectivity index (χ2n) is 6.05. The Morgan fingerprint density at radius 2 is 1.86 bits per heavy atom. The number of ether oxygens (including phenoxy) is 1. The first-order valence-electron chi connectivity index (χ1n) is 8.26. The van der Waals surface area contributed by atoms with Crippen molar-refractivity contribution in [3.63, 3.8) is 0 Å². The van der Waals surface area contributed by atoms with Gasteiger partial charge in [-0.1, -0.05) is 43.3 Å². The lowest BCUT2D eigenvalue weighted by Gasteiger charge is -2.37. The fraction of sp³-hybridized carbons (Fsp3) is 0.400. The smallest absolute Gasteiger partial charge is 0.118 e. The van der Waals surface area contributed by atoms with Crippen molar-refractivity contribution < 1.29 is 4.74 Å². The minimum atomic E-state index is 0.498. The highest BCUT2D eigenvalue weighted by atomic mass is 16.5. The van der Waals surface area contributed by atoms with E-state index in [-0.39, 0.29) is 0 Å². The Bertz CT molecular complexity index is 605. The highest BCUT2D eigenvalue weighted by molar-refractivity contribution is 5.35. The quantitative estimate of drug-likeness (QED) is 0.817. The molecule has 0 fully saturated rings. The second kappa shape index (κ2) is 6.97. The van der Waals surface area contributed by atoms with Gasteiger partial charge in [-0.15, -0.1) is 0 Å². The first kappa shape index (κ1) is 15.1. The molecule has 0 saturated carbocycles. The van der Waals surface area contributed by atoms with Gasteiger partial charge in [0.2, 0.25) is 0 Å². The third-order valence-electron chi connectivity index (χ3n) is 4.62. The maximum atomic E-state index is 5.26. The van der Waals surface area contributed by atoms with E-state index in [1.165, 1.54) is 42.6 Å². The monoisotopic (exact) mass is 295 g/mol. The van der Waals surface area contributed by atoms with Crippen molar-refractivity contribution in [2.75, 3.05) is 20.2 Å². The summed E-state index contributed by atoms with van der Waals surface area (Å²) in [5.41, 5.74) is 4.41. The van der Waals surface area contributed by atoms with Crippen molar-refractivity contribution in [1.82, 2.24) is 4.90 Å². The van der Waals surface area contributed by atoms with Gasteiger partial charge >= 0.3 is 0 Å². The number of fused-ring (bicyclic) bond motifs is 1. The van der Waals surface area contributed by atoms with Crippen LogP contribution in [0.25, 0.3) is 0 Å². The topological polar surface area (TPSA) is 12.5 Å². The van der Waals surface area contributed by atoms with E-state index >= 15 is 0 Å². The minimum Gasteiger partial charge on any atom is -0.497 e. The Kier molecular flexibility index (Phi) is 4.79. The molecule has 1 aliphatic heterocycles. The molecular weight excluding hydrogens is 270 g/mol. The van der Waals surface area contributed by atoms with Crippen molar-refractivity contribution in [2.24, 2.45) is 0 Å². The Morgan fingerprint density at radius 1 is 1.09 bits per heavy atom. The van der Waals surface area contributed by atoms with E-state index < -0.39 is 0 Å². The average molecular weight is 295 g/mol. The lowest BCUT2D eigenvalue weighted by molar-refractivity contribution is 0.184. The number of benzene rings is 2. The highest BCUT2D eigenvalue weighted by Gasteiger charge is 2.26. The Balaban J connectivity index is 1.86. The lowest BCUT2D eigenvalue weighted by Crippen LogP contribution is -2.37. The van der Waals surface area contributed by atoms with Crippen LogP contribution in [0, 0.1) is 0 Å². The first-order valence-corrected chi connectivity index (χ1v) is 8.26. The van der Waals surface area contributed by atoms with Gasteiger partial charge in [0, 0.05) is 12.6 Å². The molecule has 1 aliphatic rings. The molecule has 1 atom stereocenters. The zero-order valence-corrected chi connectivity index (χ0v) is 13.6. The van der Waals surface area contributed by atoms with Gasteiger partial charge in [-0.25, -0.2) is 0 Å². The molecule has 2 aromatic rings. The maximum absolute atomic E-state index is 5.26. The van der Waals surface area contributed by atoms with Gasteiger partial charge in [0.1, 0.15) is 5.75 Å². The van der Waals surface area contributed by atoms with E-state index in [1.54, 1.807) is 7.11 Å². The van der Waals surface area contributed by atoms with E-state index in [0.717, 1.165) is 12.2 Å². The molecule has 0 spiro atoms. The van der Waals surface area contributed by atoms with E-state index in [0.29, 0.717) is 6.04 Å².